The number of fused-ring (bicyclic) bond motifs is 1. The molecule has 0 fully saturated rings. The Labute approximate surface area is 142 Å². The van der Waals surface area contributed by atoms with Crippen LogP contribution in [-0.4, -0.2) is 18.1 Å². The molecule has 2 N–H and O–H groups in total. The van der Waals surface area contributed by atoms with Crippen molar-refractivity contribution in [2.24, 2.45) is 0 Å². The standard InChI is InChI=1S/C20H23NO3/c1-24-19-9-8-18(12-17(19)13-22)21-20(23)11-14-6-7-15-4-2-3-5-16(15)10-14/h6-10,12,22H,2-5,11,13H2,1H3,(H,21,23). The number of nitrogens with one attached hydrogen (secondary N) is 1. The van der Waals surface area contributed by atoms with E-state index in [0.29, 0.717) is 23.4 Å². The van der Waals surface area contributed by atoms with Crippen molar-refractivity contribution in [2.45, 2.75) is 38.7 Å². The van der Waals surface area contributed by atoms with Crippen molar-refractivity contribution in [3.63, 3.8) is 0 Å². The molecule has 2 aromatic carbocycles. The van der Waals surface area contributed by atoms with E-state index >= 15 is 0 Å². The molecule has 0 aliphatic heterocycles. The zero-order valence-electron chi connectivity index (χ0n) is 14.0. The van der Waals surface area contributed by atoms with Gasteiger partial charge in [-0.15, -0.1) is 0 Å². The van der Waals surface area contributed by atoms with E-state index in [1.165, 1.54) is 24.0 Å². The molecule has 0 saturated heterocycles. The van der Waals surface area contributed by atoms with E-state index in [1.807, 2.05) is 0 Å². The second-order valence-electron chi connectivity index (χ2n) is 6.22. The van der Waals surface area contributed by atoms with Gasteiger partial charge in [-0.2, -0.15) is 0 Å². The Bertz CT molecular complexity index is 696. The van der Waals surface area contributed by atoms with Crippen molar-refractivity contribution in [2.75, 3.05) is 12.4 Å². The number of carbonyl (C=O) groups excluding carboxylic acids is 1. The number of aliphatic hydroxyl groups excluding tert-OH is 1. The summed E-state index contributed by atoms with van der Waals surface area (Å²) < 4.78 is 5.17. The summed E-state index contributed by atoms with van der Waals surface area (Å²) in [5, 5.41) is 12.3. The molecule has 126 valence electrons. The van der Waals surface area contributed by atoms with Crippen LogP contribution in [0.1, 0.15) is 35.1 Å². The lowest BCUT2D eigenvalue weighted by molar-refractivity contribution is -0.115. The molecule has 0 heterocycles. The lowest BCUT2D eigenvalue weighted by Crippen LogP contribution is -2.15. The van der Waals surface area contributed by atoms with Crippen LogP contribution in [0.5, 0.6) is 5.75 Å². The van der Waals surface area contributed by atoms with Crippen molar-refractivity contribution >= 4 is 11.6 Å². The smallest absolute Gasteiger partial charge is 0.228 e. The first kappa shape index (κ1) is 16.5. The Morgan fingerprint density at radius 1 is 1.12 bits per heavy atom. The highest BCUT2D eigenvalue weighted by Gasteiger charge is 2.12. The number of methoxy groups -OCH3 is 1. The molecule has 1 aliphatic rings. The van der Waals surface area contributed by atoms with Gasteiger partial charge in [0, 0.05) is 11.3 Å². The Morgan fingerprint density at radius 3 is 2.67 bits per heavy atom. The zero-order valence-corrected chi connectivity index (χ0v) is 14.0. The van der Waals surface area contributed by atoms with Gasteiger partial charge in [0.05, 0.1) is 20.1 Å². The quantitative estimate of drug-likeness (QED) is 0.887. The molecule has 1 aliphatic carbocycles. The topological polar surface area (TPSA) is 58.6 Å². The van der Waals surface area contributed by atoms with Crippen LogP contribution in [0.15, 0.2) is 36.4 Å². The van der Waals surface area contributed by atoms with Gasteiger partial charge in [-0.25, -0.2) is 0 Å². The number of hydrogen-bond acceptors (Lipinski definition) is 3. The first-order chi connectivity index (χ1) is 11.7. The summed E-state index contributed by atoms with van der Waals surface area (Å²) in [7, 11) is 1.56. The largest absolute Gasteiger partial charge is 0.496 e. The second kappa shape index (κ2) is 7.49. The number of amides is 1. The third-order valence-corrected chi connectivity index (χ3v) is 4.51. The monoisotopic (exact) mass is 325 g/mol. The van der Waals surface area contributed by atoms with Crippen LogP contribution in [0.2, 0.25) is 0 Å². The van der Waals surface area contributed by atoms with E-state index in [4.69, 9.17) is 4.74 Å². The van der Waals surface area contributed by atoms with Gasteiger partial charge in [0.15, 0.2) is 0 Å². The Morgan fingerprint density at radius 2 is 1.92 bits per heavy atom. The molecule has 4 nitrogen and oxygen atoms in total. The maximum Gasteiger partial charge on any atom is 0.228 e. The molecule has 0 spiro atoms. The van der Waals surface area contributed by atoms with Crippen molar-refractivity contribution in [3.05, 3.63) is 58.7 Å². The molecule has 3 rings (SSSR count). The van der Waals surface area contributed by atoms with E-state index in [2.05, 4.69) is 23.5 Å². The van der Waals surface area contributed by atoms with Gasteiger partial charge in [-0.05, 0) is 60.6 Å². The molecule has 4 heteroatoms. The van der Waals surface area contributed by atoms with E-state index in [1.54, 1.807) is 25.3 Å². The van der Waals surface area contributed by atoms with Gasteiger partial charge in [0.2, 0.25) is 5.91 Å². The Balaban J connectivity index is 1.67. The van der Waals surface area contributed by atoms with Crippen molar-refractivity contribution in [1.82, 2.24) is 0 Å². The van der Waals surface area contributed by atoms with Gasteiger partial charge in [-0.1, -0.05) is 18.2 Å². The van der Waals surface area contributed by atoms with Gasteiger partial charge in [-0.3, -0.25) is 4.79 Å². The fourth-order valence-corrected chi connectivity index (χ4v) is 3.27. The minimum Gasteiger partial charge on any atom is -0.496 e. The van der Waals surface area contributed by atoms with Crippen LogP contribution < -0.4 is 10.1 Å². The summed E-state index contributed by atoms with van der Waals surface area (Å²) >= 11 is 0. The van der Waals surface area contributed by atoms with Crippen LogP contribution in [-0.2, 0) is 30.7 Å². The average molecular weight is 325 g/mol. The minimum absolute atomic E-state index is 0.0557. The SMILES string of the molecule is COc1ccc(NC(=O)Cc2ccc3c(c2)CCCC3)cc1CO. The lowest BCUT2D eigenvalue weighted by Gasteiger charge is -2.16. The molecule has 0 radical (unpaired) electrons. The number of rotatable bonds is 5. The van der Waals surface area contributed by atoms with Gasteiger partial charge >= 0.3 is 0 Å². The van der Waals surface area contributed by atoms with Crippen LogP contribution in [0, 0.1) is 0 Å². The van der Waals surface area contributed by atoms with E-state index < -0.39 is 0 Å². The Kier molecular flexibility index (Phi) is 5.16. The Hall–Kier alpha value is -2.33. The van der Waals surface area contributed by atoms with E-state index in [9.17, 15) is 9.90 Å². The van der Waals surface area contributed by atoms with Crippen LogP contribution >= 0.6 is 0 Å². The summed E-state index contributed by atoms with van der Waals surface area (Å²) in [6.45, 7) is -0.127. The second-order valence-corrected chi connectivity index (χ2v) is 6.22. The fourth-order valence-electron chi connectivity index (χ4n) is 3.27. The lowest BCUT2D eigenvalue weighted by atomic mass is 9.90. The molecule has 1 amide bonds. The molecular weight excluding hydrogens is 302 g/mol. The number of aryl methyl sites for hydroxylation is 2. The van der Waals surface area contributed by atoms with E-state index in [0.717, 1.165) is 18.4 Å². The molecule has 0 bridgehead atoms. The van der Waals surface area contributed by atoms with Crippen LogP contribution in [0.25, 0.3) is 0 Å². The highest BCUT2D eigenvalue weighted by molar-refractivity contribution is 5.92. The molecule has 0 unspecified atom stereocenters. The highest BCUT2D eigenvalue weighted by Crippen LogP contribution is 2.24. The van der Waals surface area contributed by atoms with Crippen molar-refractivity contribution in [1.29, 1.82) is 0 Å². The highest BCUT2D eigenvalue weighted by atomic mass is 16.5. The molecule has 24 heavy (non-hydrogen) atoms. The molecule has 0 saturated carbocycles. The first-order valence-corrected chi connectivity index (χ1v) is 8.38. The van der Waals surface area contributed by atoms with Crippen molar-refractivity contribution in [3.8, 4) is 5.75 Å². The predicted octanol–water partition coefficient (Wildman–Crippen LogP) is 3.25. The first-order valence-electron chi connectivity index (χ1n) is 8.38. The van der Waals surface area contributed by atoms with Crippen molar-refractivity contribution < 1.29 is 14.6 Å². The molecular formula is C20H23NO3. The summed E-state index contributed by atoms with van der Waals surface area (Å²) in [4.78, 5) is 12.3. The summed E-state index contributed by atoms with van der Waals surface area (Å²) in [6.07, 6.45) is 5.12. The van der Waals surface area contributed by atoms with Crippen LogP contribution in [0.4, 0.5) is 5.69 Å². The van der Waals surface area contributed by atoms with Gasteiger partial charge in [0.1, 0.15) is 5.75 Å². The summed E-state index contributed by atoms with van der Waals surface area (Å²) in [5.74, 6) is 0.560. The molecule has 0 aromatic heterocycles. The van der Waals surface area contributed by atoms with Gasteiger partial charge in [0.25, 0.3) is 0 Å². The normalized spacial score (nSPS) is 13.2. The average Bonchev–Trinajstić information content (AvgIpc) is 2.61. The minimum atomic E-state index is -0.127. The van der Waals surface area contributed by atoms with Gasteiger partial charge < -0.3 is 15.2 Å². The van der Waals surface area contributed by atoms with E-state index in [-0.39, 0.29) is 12.5 Å². The number of hydrogen-bond donors (Lipinski definition) is 2. The maximum absolute atomic E-state index is 12.3. The summed E-state index contributed by atoms with van der Waals surface area (Å²) in [6, 6.07) is 11.7. The third-order valence-electron chi connectivity index (χ3n) is 4.51. The summed E-state index contributed by atoms with van der Waals surface area (Å²) in [5.41, 5.74) is 5.18. The predicted molar refractivity (Wildman–Crippen MR) is 94.3 cm³/mol. The third kappa shape index (κ3) is 3.77. The number of benzene rings is 2. The fraction of sp³-hybridized carbons (Fsp3) is 0.350. The number of ether oxygens (including phenoxy) is 1. The van der Waals surface area contributed by atoms with Crippen LogP contribution in [0.3, 0.4) is 0 Å². The molecule has 2 aromatic rings. The zero-order chi connectivity index (χ0) is 16.9. The molecule has 0 atom stereocenters. The number of aliphatic hydroxyl groups is 1. The maximum atomic E-state index is 12.3. The number of anilines is 1. The number of carbonyl (C=O) groups is 1.